The van der Waals surface area contributed by atoms with Crippen molar-refractivity contribution in [2.75, 3.05) is 7.05 Å². The molecule has 1 aliphatic heterocycles. The molecule has 0 amide bonds. The first-order valence-electron chi connectivity index (χ1n) is 12.4. The lowest BCUT2D eigenvalue weighted by Crippen LogP contribution is -2.50. The Labute approximate surface area is 192 Å². The second kappa shape index (κ2) is 7.94. The maximum atomic E-state index is 12.4. The van der Waals surface area contributed by atoms with Gasteiger partial charge in [-0.2, -0.15) is 0 Å². The van der Waals surface area contributed by atoms with Crippen molar-refractivity contribution < 1.29 is 14.3 Å². The van der Waals surface area contributed by atoms with Gasteiger partial charge in [0.25, 0.3) is 0 Å². The van der Waals surface area contributed by atoms with Gasteiger partial charge in [0, 0.05) is 32.0 Å². The summed E-state index contributed by atoms with van der Waals surface area (Å²) in [4.78, 5) is 26.3. The number of ether oxygens (including phenoxy) is 1. The fourth-order valence-electron chi connectivity index (χ4n) is 7.83. The minimum atomic E-state index is -0.330. The molecule has 0 N–H and O–H groups in total. The average Bonchev–Trinajstić information content (AvgIpc) is 3.10. The lowest BCUT2D eigenvalue weighted by atomic mass is 9.47. The molecule has 32 heavy (non-hydrogen) atoms. The standard InChI is InChI=1S/C28H35NO3/c1-27-14-11-25-23(8-6-21-17-22(30)10-13-28(21,25)2)24(27)9-7-20(27)12-16-32-26(31)19-5-4-15-29(3)18-19/h4,15,17-18,20,23-25H,5-11,13-14H2,1-3H3/t20-,23-,24-,25-,27+,28-/m0/s1. The molecule has 3 fully saturated rings. The van der Waals surface area contributed by atoms with Gasteiger partial charge in [-0.05, 0) is 85.8 Å². The number of allylic oxidation sites excluding steroid dienone is 2. The topological polar surface area (TPSA) is 46.6 Å². The third-order valence-corrected chi connectivity index (χ3v) is 9.64. The van der Waals surface area contributed by atoms with Gasteiger partial charge in [-0.25, -0.2) is 4.79 Å². The molecule has 0 unspecified atom stereocenters. The summed E-state index contributed by atoms with van der Waals surface area (Å²) in [6, 6.07) is 0. The number of hydrogen-bond acceptors (Lipinski definition) is 4. The van der Waals surface area contributed by atoms with Gasteiger partial charge >= 0.3 is 5.97 Å². The molecule has 4 aliphatic carbocycles. The van der Waals surface area contributed by atoms with E-state index in [0.29, 0.717) is 42.0 Å². The summed E-state index contributed by atoms with van der Waals surface area (Å²) in [7, 11) is 1.90. The predicted molar refractivity (Wildman–Crippen MR) is 124 cm³/mol. The summed E-state index contributed by atoms with van der Waals surface area (Å²) >= 11 is 0. The minimum Gasteiger partial charge on any atom is -0.369 e. The third kappa shape index (κ3) is 3.45. The van der Waals surface area contributed by atoms with Crippen molar-refractivity contribution in [2.45, 2.75) is 71.6 Å². The summed E-state index contributed by atoms with van der Waals surface area (Å²) < 4.78 is 5.35. The average molecular weight is 434 g/mol. The molecule has 6 atom stereocenters. The van der Waals surface area contributed by atoms with Crippen LogP contribution in [0.1, 0.15) is 71.6 Å². The molecule has 1 heterocycles. The van der Waals surface area contributed by atoms with E-state index in [4.69, 9.17) is 4.74 Å². The van der Waals surface area contributed by atoms with Crippen molar-refractivity contribution in [1.82, 2.24) is 4.90 Å². The quantitative estimate of drug-likeness (QED) is 0.412. The number of nitrogens with zero attached hydrogens (tertiary/aromatic N) is 1. The Morgan fingerprint density at radius 3 is 2.78 bits per heavy atom. The molecule has 0 bridgehead atoms. The van der Waals surface area contributed by atoms with Crippen LogP contribution in [0.5, 0.6) is 0 Å². The molecule has 3 saturated carbocycles. The lowest BCUT2D eigenvalue weighted by Gasteiger charge is -2.57. The molecule has 4 nitrogen and oxygen atoms in total. The molecule has 0 spiro atoms. The zero-order chi connectivity index (χ0) is 22.5. The maximum absolute atomic E-state index is 12.4. The second-order valence-electron chi connectivity index (χ2n) is 11.2. The van der Waals surface area contributed by atoms with Gasteiger partial charge in [-0.15, -0.1) is 0 Å². The van der Waals surface area contributed by atoms with Crippen molar-refractivity contribution in [3.63, 3.8) is 0 Å². The summed E-state index contributed by atoms with van der Waals surface area (Å²) in [6.07, 6.45) is 19.9. The van der Waals surface area contributed by atoms with Crippen LogP contribution in [0.2, 0.25) is 0 Å². The highest BCUT2D eigenvalue weighted by atomic mass is 16.5. The van der Waals surface area contributed by atoms with Crippen molar-refractivity contribution in [2.24, 2.45) is 34.5 Å². The minimum absolute atomic E-state index is 0.204. The van der Waals surface area contributed by atoms with Gasteiger partial charge in [-0.3, -0.25) is 4.79 Å². The normalized spacial score (nSPS) is 40.2. The smallest absolute Gasteiger partial charge is 0.349 e. The van der Waals surface area contributed by atoms with E-state index in [1.807, 2.05) is 36.5 Å². The molecule has 4 heteroatoms. The Morgan fingerprint density at radius 2 is 1.97 bits per heavy atom. The van der Waals surface area contributed by atoms with Crippen LogP contribution in [-0.4, -0.2) is 23.7 Å². The SMILES string of the molecule is CN1C=CCC(C(=O)OC#C[C@@H]2CC[C@H]3[C@@H]4CCC5=CC(=O)CC[C@]5(C)[C@H]4CC[C@]23C)=C1. The Kier molecular flexibility index (Phi) is 5.35. The van der Waals surface area contributed by atoms with Gasteiger partial charge in [0.1, 0.15) is 6.11 Å². The zero-order valence-electron chi connectivity index (χ0n) is 19.7. The van der Waals surface area contributed by atoms with E-state index in [0.717, 1.165) is 25.2 Å². The second-order valence-corrected chi connectivity index (χ2v) is 11.2. The molecule has 5 rings (SSSR count). The van der Waals surface area contributed by atoms with Crippen LogP contribution < -0.4 is 0 Å². The highest BCUT2D eigenvalue weighted by molar-refractivity contribution is 5.91. The van der Waals surface area contributed by atoms with Crippen molar-refractivity contribution in [3.8, 4) is 12.0 Å². The molecule has 0 radical (unpaired) electrons. The molecule has 0 aromatic heterocycles. The first-order chi connectivity index (χ1) is 15.3. The summed E-state index contributed by atoms with van der Waals surface area (Å²) in [5, 5.41) is 0. The lowest BCUT2D eigenvalue weighted by molar-refractivity contribution is -0.132. The largest absolute Gasteiger partial charge is 0.369 e. The van der Waals surface area contributed by atoms with E-state index in [1.165, 1.54) is 31.3 Å². The van der Waals surface area contributed by atoms with Crippen LogP contribution in [0.3, 0.4) is 0 Å². The highest BCUT2D eigenvalue weighted by Crippen LogP contribution is 2.66. The van der Waals surface area contributed by atoms with E-state index in [-0.39, 0.29) is 16.8 Å². The molecular weight excluding hydrogens is 398 g/mol. The summed E-state index contributed by atoms with van der Waals surface area (Å²) in [5.41, 5.74) is 2.49. The zero-order valence-corrected chi connectivity index (χ0v) is 19.7. The third-order valence-electron chi connectivity index (χ3n) is 9.64. The van der Waals surface area contributed by atoms with E-state index in [9.17, 15) is 9.59 Å². The van der Waals surface area contributed by atoms with Gasteiger partial charge in [0.05, 0.1) is 5.57 Å². The maximum Gasteiger partial charge on any atom is 0.349 e. The number of carbonyl (C=O) groups excluding carboxylic acids is 2. The monoisotopic (exact) mass is 433 g/mol. The van der Waals surface area contributed by atoms with E-state index in [1.54, 1.807) is 0 Å². The first kappa shape index (κ1) is 21.6. The van der Waals surface area contributed by atoms with Gasteiger partial charge in [0.15, 0.2) is 5.78 Å². The first-order valence-corrected chi connectivity index (χ1v) is 12.4. The molecule has 0 aromatic rings. The summed E-state index contributed by atoms with van der Waals surface area (Å²) in [5.74, 6) is 5.77. The van der Waals surface area contributed by atoms with Gasteiger partial charge in [-0.1, -0.05) is 31.4 Å². The van der Waals surface area contributed by atoms with Crippen LogP contribution in [-0.2, 0) is 14.3 Å². The van der Waals surface area contributed by atoms with Crippen molar-refractivity contribution >= 4 is 11.8 Å². The fourth-order valence-corrected chi connectivity index (χ4v) is 7.83. The van der Waals surface area contributed by atoms with Gasteiger partial charge < -0.3 is 9.64 Å². The van der Waals surface area contributed by atoms with E-state index >= 15 is 0 Å². The van der Waals surface area contributed by atoms with Crippen molar-refractivity contribution in [1.29, 1.82) is 0 Å². The molecule has 5 aliphatic rings. The van der Waals surface area contributed by atoms with Gasteiger partial charge in [0.2, 0.25) is 0 Å². The predicted octanol–water partition coefficient (Wildman–Crippen LogP) is 5.37. The number of carbonyl (C=O) groups is 2. The highest BCUT2D eigenvalue weighted by Gasteiger charge is 2.58. The number of fused-ring (bicyclic) bond motifs is 5. The number of ketones is 1. The molecule has 170 valence electrons. The Hall–Kier alpha value is -2.28. The molecule has 0 saturated heterocycles. The number of rotatable bonds is 1. The van der Waals surface area contributed by atoms with Crippen LogP contribution in [0, 0.1) is 46.5 Å². The molecular formula is C28H35NO3. The van der Waals surface area contributed by atoms with Crippen LogP contribution in [0.4, 0.5) is 0 Å². The number of esters is 1. The van der Waals surface area contributed by atoms with Crippen LogP contribution in [0.15, 0.2) is 35.7 Å². The Balaban J connectivity index is 1.29. The van der Waals surface area contributed by atoms with E-state index in [2.05, 4.69) is 25.9 Å². The Morgan fingerprint density at radius 1 is 1.12 bits per heavy atom. The molecule has 0 aromatic carbocycles. The number of hydrogen-bond donors (Lipinski definition) is 0. The van der Waals surface area contributed by atoms with Crippen molar-refractivity contribution in [3.05, 3.63) is 35.7 Å². The van der Waals surface area contributed by atoms with E-state index < -0.39 is 0 Å². The Bertz CT molecular complexity index is 978. The fraction of sp³-hybridized carbons (Fsp3) is 0.643. The van der Waals surface area contributed by atoms with Crippen LogP contribution >= 0.6 is 0 Å². The van der Waals surface area contributed by atoms with Crippen LogP contribution in [0.25, 0.3) is 0 Å². The summed E-state index contributed by atoms with van der Waals surface area (Å²) in [6.45, 7) is 4.87.